The highest BCUT2D eigenvalue weighted by Gasteiger charge is 2.50. The number of allylic oxidation sites excluding steroid dienone is 3. The molecule has 0 radical (unpaired) electrons. The zero-order valence-electron chi connectivity index (χ0n) is 26.6. The lowest BCUT2D eigenvalue weighted by Gasteiger charge is -2.44. The first-order valence-electron chi connectivity index (χ1n) is 15.6. The van der Waals surface area contributed by atoms with Crippen LogP contribution in [0.4, 0.5) is 0 Å². The van der Waals surface area contributed by atoms with Gasteiger partial charge in [0, 0.05) is 11.7 Å². The zero-order valence-corrected chi connectivity index (χ0v) is 28.3. The van der Waals surface area contributed by atoms with Crippen LogP contribution in [-0.4, -0.2) is 37.7 Å². The number of hydrogen-bond acceptors (Lipinski definition) is 5. The number of aliphatic hydroxyl groups excluding tert-OH is 2. The number of thiol groups is 2. The fraction of sp³-hybridized carbons (Fsp3) is 0.818. The Morgan fingerprint density at radius 3 is 2.18 bits per heavy atom. The van der Waals surface area contributed by atoms with Gasteiger partial charge in [0.05, 0.1) is 12.2 Å². The van der Waals surface area contributed by atoms with Crippen LogP contribution in [-0.2, 0) is 0 Å². The normalized spacial score (nSPS) is 32.6. The third kappa shape index (κ3) is 12.1. The quantitative estimate of drug-likeness (QED) is 0.163. The van der Waals surface area contributed by atoms with E-state index >= 15 is 0 Å². The van der Waals surface area contributed by atoms with Gasteiger partial charge in [-0.25, -0.2) is 0 Å². The predicted molar refractivity (Wildman–Crippen MR) is 176 cm³/mol. The van der Waals surface area contributed by atoms with Gasteiger partial charge in [0.1, 0.15) is 4.93 Å². The van der Waals surface area contributed by atoms with Crippen molar-refractivity contribution in [3.63, 3.8) is 0 Å². The summed E-state index contributed by atoms with van der Waals surface area (Å²) in [5.41, 5.74) is 3.54. The summed E-state index contributed by atoms with van der Waals surface area (Å²) < 4.78 is 0. The Kier molecular flexibility index (Phi) is 21.7. The molecule has 0 amide bonds. The summed E-state index contributed by atoms with van der Waals surface area (Å²) in [6.45, 7) is 24.3. The van der Waals surface area contributed by atoms with E-state index in [1.807, 2.05) is 55.4 Å². The molecule has 3 nitrogen and oxygen atoms in total. The van der Waals surface area contributed by atoms with Crippen LogP contribution in [0, 0.1) is 17.3 Å². The summed E-state index contributed by atoms with van der Waals surface area (Å²) in [5, 5.41) is 30.4. The van der Waals surface area contributed by atoms with Gasteiger partial charge in [-0.15, -0.1) is 12.6 Å². The molecule has 3 N–H and O–H groups in total. The molecule has 3 saturated carbocycles. The Balaban J connectivity index is 0. The lowest BCUT2D eigenvalue weighted by molar-refractivity contribution is 0.0862. The van der Waals surface area contributed by atoms with Crippen LogP contribution in [0.5, 0.6) is 0 Å². The Morgan fingerprint density at radius 2 is 1.63 bits per heavy atom. The molecule has 7 atom stereocenters. The summed E-state index contributed by atoms with van der Waals surface area (Å²) >= 11 is 9.25. The minimum absolute atomic E-state index is 0.279. The molecule has 3 fully saturated rings. The van der Waals surface area contributed by atoms with Crippen LogP contribution < -0.4 is 0 Å². The Hall–Kier alpha value is -0.200. The number of hydrogen-bond donors (Lipinski definition) is 5. The van der Waals surface area contributed by atoms with Crippen molar-refractivity contribution in [3.05, 3.63) is 35.5 Å². The van der Waals surface area contributed by atoms with Gasteiger partial charge < -0.3 is 15.3 Å². The maximum absolute atomic E-state index is 10.1. The van der Waals surface area contributed by atoms with Crippen LogP contribution in [0.1, 0.15) is 133 Å². The Morgan fingerprint density at radius 1 is 1.05 bits per heavy atom. The molecule has 38 heavy (non-hydrogen) atoms. The van der Waals surface area contributed by atoms with Crippen molar-refractivity contribution in [2.75, 3.05) is 0 Å². The molecule has 0 aromatic carbocycles. The highest BCUT2D eigenvalue weighted by Crippen LogP contribution is 2.59. The molecule has 0 aliphatic heterocycles. The second kappa shape index (κ2) is 20.6. The van der Waals surface area contributed by atoms with Crippen molar-refractivity contribution in [2.24, 2.45) is 17.3 Å². The van der Waals surface area contributed by atoms with E-state index in [9.17, 15) is 15.3 Å². The first-order valence-corrected chi connectivity index (χ1v) is 16.6. The van der Waals surface area contributed by atoms with E-state index in [-0.39, 0.29) is 5.41 Å². The molecule has 0 spiro atoms. The monoisotopic (exact) mass is 572 g/mol. The van der Waals surface area contributed by atoms with E-state index in [0.717, 1.165) is 30.4 Å². The molecular weight excluding hydrogens is 508 g/mol. The minimum atomic E-state index is -0.895. The number of aliphatic hydroxyl groups is 3. The molecular formula is C33H64O3S2. The first kappa shape index (κ1) is 39.9. The predicted octanol–water partition coefficient (Wildman–Crippen LogP) is 9.34. The largest absolute Gasteiger partial charge is 0.393 e. The summed E-state index contributed by atoms with van der Waals surface area (Å²) in [5.74, 6) is 1.18. The maximum Gasteiger partial charge on any atom is 0.104 e. The lowest BCUT2D eigenvalue weighted by atomic mass is 9.62. The van der Waals surface area contributed by atoms with Crippen molar-refractivity contribution in [3.8, 4) is 0 Å². The van der Waals surface area contributed by atoms with Crippen molar-refractivity contribution < 1.29 is 15.3 Å². The van der Waals surface area contributed by atoms with Crippen molar-refractivity contribution in [2.45, 2.75) is 156 Å². The van der Waals surface area contributed by atoms with E-state index in [1.54, 1.807) is 6.92 Å². The molecule has 2 unspecified atom stereocenters. The minimum Gasteiger partial charge on any atom is -0.393 e. The van der Waals surface area contributed by atoms with Gasteiger partial charge in [-0.05, 0) is 93.1 Å². The van der Waals surface area contributed by atoms with Crippen molar-refractivity contribution in [1.82, 2.24) is 0 Å². The fourth-order valence-electron chi connectivity index (χ4n) is 6.22. The number of rotatable bonds is 6. The fourth-order valence-corrected chi connectivity index (χ4v) is 7.05. The molecule has 3 aliphatic carbocycles. The van der Waals surface area contributed by atoms with E-state index in [4.69, 9.17) is 12.6 Å². The standard InChI is InChI=1S/C25H40O3S2.4C2H6/c1-16-18(14-19(26)15-22(16)27)9-8-17-6-4-12-24(2)20(17)10-11-21(24)23(29)7-5-13-25(3,28)30;4*1-2/h8-9,19-23,26-30H,1,4-7,10-15H2,2-3H3;4*1-2H3/b17-8+,18-9-;;;;/t19-,20+,21?,22+,23-,24+,25?;;;;/m1..../s1. The van der Waals surface area contributed by atoms with E-state index in [1.165, 1.54) is 31.3 Å². The van der Waals surface area contributed by atoms with Gasteiger partial charge in [-0.1, -0.05) is 86.6 Å². The average molecular weight is 573 g/mol. The average Bonchev–Trinajstić information content (AvgIpc) is 3.27. The van der Waals surface area contributed by atoms with Crippen molar-refractivity contribution >= 4 is 25.3 Å². The summed E-state index contributed by atoms with van der Waals surface area (Å²) in [6.07, 6.45) is 12.9. The van der Waals surface area contributed by atoms with Gasteiger partial charge in [0.15, 0.2) is 0 Å². The Bertz CT molecular complexity index is 695. The molecule has 3 rings (SSSR count). The van der Waals surface area contributed by atoms with Crippen LogP contribution in [0.3, 0.4) is 0 Å². The van der Waals surface area contributed by atoms with E-state index < -0.39 is 17.1 Å². The number of fused-ring (bicyclic) bond motifs is 1. The third-order valence-corrected chi connectivity index (χ3v) is 8.76. The molecule has 226 valence electrons. The first-order chi connectivity index (χ1) is 18.0. The van der Waals surface area contributed by atoms with E-state index in [0.29, 0.717) is 36.3 Å². The molecule has 0 aromatic heterocycles. The smallest absolute Gasteiger partial charge is 0.104 e. The van der Waals surface area contributed by atoms with Gasteiger partial charge in [0.25, 0.3) is 0 Å². The lowest BCUT2D eigenvalue weighted by Crippen LogP contribution is -2.37. The third-order valence-electron chi connectivity index (χ3n) is 7.92. The summed E-state index contributed by atoms with van der Waals surface area (Å²) in [7, 11) is 0. The van der Waals surface area contributed by atoms with Crippen molar-refractivity contribution in [1.29, 1.82) is 0 Å². The molecule has 3 aliphatic rings. The van der Waals surface area contributed by atoms with Crippen LogP contribution in [0.2, 0.25) is 0 Å². The van der Waals surface area contributed by atoms with Gasteiger partial charge in [0.2, 0.25) is 0 Å². The second-order valence-corrected chi connectivity index (χ2v) is 12.0. The van der Waals surface area contributed by atoms with E-state index in [2.05, 4.69) is 38.3 Å². The van der Waals surface area contributed by atoms with Gasteiger partial charge in [-0.2, -0.15) is 12.6 Å². The highest BCUT2D eigenvalue weighted by molar-refractivity contribution is 7.81. The Labute approximate surface area is 248 Å². The topological polar surface area (TPSA) is 60.7 Å². The molecule has 0 bridgehead atoms. The SMILES string of the molecule is C=C1/C(=C\C=C2/CCC[C@]3(C)C([C@H](S)CCCC(C)(O)S)CC[C@@H]23)C[C@@H](O)C[C@@H]1O.CC.CC.CC.CC. The van der Waals surface area contributed by atoms with Gasteiger partial charge >= 0.3 is 0 Å². The molecule has 0 heterocycles. The second-order valence-electron chi connectivity index (χ2n) is 10.3. The highest BCUT2D eigenvalue weighted by atomic mass is 32.1. The molecule has 5 heteroatoms. The zero-order chi connectivity index (χ0) is 30.1. The van der Waals surface area contributed by atoms with Gasteiger partial charge in [-0.3, -0.25) is 0 Å². The van der Waals surface area contributed by atoms with Crippen LogP contribution in [0.15, 0.2) is 35.5 Å². The maximum atomic E-state index is 10.1. The summed E-state index contributed by atoms with van der Waals surface area (Å²) in [6, 6.07) is 0. The van der Waals surface area contributed by atoms with Crippen LogP contribution >= 0.6 is 25.3 Å². The molecule has 0 aromatic rings. The van der Waals surface area contributed by atoms with Crippen LogP contribution in [0.25, 0.3) is 0 Å². The summed E-state index contributed by atoms with van der Waals surface area (Å²) in [4.78, 5) is -0.895. The molecule has 0 saturated heterocycles.